The molecular formula is C17H14N4O4. The molecule has 0 saturated carbocycles. The zero-order chi connectivity index (χ0) is 17.7. The number of fused-ring (bicyclic) bond motifs is 1. The zero-order valence-electron chi connectivity index (χ0n) is 13.4. The van der Waals surface area contributed by atoms with Crippen molar-refractivity contribution >= 4 is 23.2 Å². The molecular weight excluding hydrogens is 324 g/mol. The Morgan fingerprint density at radius 1 is 1.12 bits per heavy atom. The Kier molecular flexibility index (Phi) is 3.28. The SMILES string of the molecule is Cc1nccc(N2CC(N3C(=O)c4ccccc4C3=O)C2)c1[N+](=O)[O-]. The van der Waals surface area contributed by atoms with Crippen LogP contribution in [-0.4, -0.2) is 45.8 Å². The van der Waals surface area contributed by atoms with E-state index in [4.69, 9.17) is 0 Å². The summed E-state index contributed by atoms with van der Waals surface area (Å²) in [5.41, 5.74) is 1.59. The van der Waals surface area contributed by atoms with Gasteiger partial charge < -0.3 is 4.90 Å². The summed E-state index contributed by atoms with van der Waals surface area (Å²) < 4.78 is 0. The smallest absolute Gasteiger partial charge is 0.313 e. The number of benzene rings is 1. The van der Waals surface area contributed by atoms with Crippen LogP contribution in [0.5, 0.6) is 0 Å². The zero-order valence-corrected chi connectivity index (χ0v) is 13.4. The lowest BCUT2D eigenvalue weighted by Crippen LogP contribution is -2.61. The number of nitrogens with zero attached hydrogens (tertiary/aromatic N) is 4. The predicted octanol–water partition coefficient (Wildman–Crippen LogP) is 1.78. The van der Waals surface area contributed by atoms with Crippen molar-refractivity contribution in [2.24, 2.45) is 0 Å². The van der Waals surface area contributed by atoms with E-state index in [-0.39, 0.29) is 23.5 Å². The summed E-state index contributed by atoms with van der Waals surface area (Å²) in [6.45, 7) is 2.33. The lowest BCUT2D eigenvalue weighted by molar-refractivity contribution is -0.385. The van der Waals surface area contributed by atoms with Gasteiger partial charge in [0, 0.05) is 19.3 Å². The van der Waals surface area contributed by atoms with Gasteiger partial charge in [-0.2, -0.15) is 0 Å². The Bertz CT molecular complexity index is 886. The number of aryl methyl sites for hydroxylation is 1. The van der Waals surface area contributed by atoms with E-state index < -0.39 is 4.92 Å². The molecule has 2 aliphatic heterocycles. The third-order valence-corrected chi connectivity index (χ3v) is 4.66. The van der Waals surface area contributed by atoms with Gasteiger partial charge in [-0.15, -0.1) is 0 Å². The van der Waals surface area contributed by atoms with Crippen LogP contribution in [0.15, 0.2) is 36.5 Å². The van der Waals surface area contributed by atoms with Crippen molar-refractivity contribution in [1.29, 1.82) is 0 Å². The molecule has 3 heterocycles. The lowest BCUT2D eigenvalue weighted by atomic mass is 10.1. The quantitative estimate of drug-likeness (QED) is 0.481. The number of aromatic nitrogens is 1. The second kappa shape index (κ2) is 5.37. The standard InChI is InChI=1S/C17H14N4O4/c1-10-15(21(24)25)14(6-7-18-10)19-8-11(9-19)20-16(22)12-4-2-3-5-13(12)17(20)23/h2-7,11H,8-9H2,1H3. The van der Waals surface area contributed by atoms with Crippen LogP contribution in [-0.2, 0) is 0 Å². The van der Waals surface area contributed by atoms with Crippen LogP contribution in [0, 0.1) is 17.0 Å². The van der Waals surface area contributed by atoms with Gasteiger partial charge in [0.2, 0.25) is 0 Å². The number of hydrogen-bond donors (Lipinski definition) is 0. The second-order valence-electron chi connectivity index (χ2n) is 6.11. The van der Waals surface area contributed by atoms with Crippen LogP contribution in [0.3, 0.4) is 0 Å². The average molecular weight is 338 g/mol. The molecule has 2 amide bonds. The van der Waals surface area contributed by atoms with E-state index in [1.165, 1.54) is 11.1 Å². The first-order valence-corrected chi connectivity index (χ1v) is 7.81. The van der Waals surface area contributed by atoms with E-state index >= 15 is 0 Å². The van der Waals surface area contributed by atoms with Crippen LogP contribution in [0.2, 0.25) is 0 Å². The molecule has 0 atom stereocenters. The summed E-state index contributed by atoms with van der Waals surface area (Å²) in [5, 5.41) is 11.3. The monoisotopic (exact) mass is 338 g/mol. The van der Waals surface area contributed by atoms with E-state index in [9.17, 15) is 19.7 Å². The van der Waals surface area contributed by atoms with Crippen molar-refractivity contribution in [2.75, 3.05) is 18.0 Å². The van der Waals surface area contributed by atoms with E-state index in [1.54, 1.807) is 42.2 Å². The lowest BCUT2D eigenvalue weighted by Gasteiger charge is -2.44. The first kappa shape index (κ1) is 15.3. The molecule has 1 aromatic heterocycles. The fourth-order valence-corrected chi connectivity index (χ4v) is 3.38. The fourth-order valence-electron chi connectivity index (χ4n) is 3.38. The van der Waals surface area contributed by atoms with Gasteiger partial charge in [0.15, 0.2) is 0 Å². The van der Waals surface area contributed by atoms with E-state index in [1.807, 2.05) is 0 Å². The number of pyridine rings is 1. The van der Waals surface area contributed by atoms with Crippen LogP contribution in [0.25, 0.3) is 0 Å². The molecule has 0 radical (unpaired) electrons. The molecule has 0 spiro atoms. The van der Waals surface area contributed by atoms with Crippen LogP contribution in [0.4, 0.5) is 11.4 Å². The minimum absolute atomic E-state index is 0.0386. The van der Waals surface area contributed by atoms with Crippen LogP contribution < -0.4 is 4.90 Å². The number of hydrogen-bond acceptors (Lipinski definition) is 6. The molecule has 8 nitrogen and oxygen atoms in total. The van der Waals surface area contributed by atoms with E-state index in [0.29, 0.717) is 35.6 Å². The third kappa shape index (κ3) is 2.18. The first-order valence-electron chi connectivity index (χ1n) is 7.81. The Morgan fingerprint density at radius 2 is 1.72 bits per heavy atom. The number of nitro groups is 1. The molecule has 0 N–H and O–H groups in total. The van der Waals surface area contributed by atoms with Gasteiger partial charge in [0.05, 0.1) is 22.1 Å². The van der Waals surface area contributed by atoms with Gasteiger partial charge >= 0.3 is 5.69 Å². The summed E-state index contributed by atoms with van der Waals surface area (Å²) in [6, 6.07) is 8.03. The topological polar surface area (TPSA) is 96.7 Å². The number of amides is 2. The summed E-state index contributed by atoms with van der Waals surface area (Å²) in [5.74, 6) is -0.601. The highest BCUT2D eigenvalue weighted by atomic mass is 16.6. The summed E-state index contributed by atoms with van der Waals surface area (Å²) in [4.78, 5) is 42.8. The van der Waals surface area contributed by atoms with Gasteiger partial charge in [0.1, 0.15) is 11.4 Å². The highest BCUT2D eigenvalue weighted by Crippen LogP contribution is 2.35. The number of carbonyl (C=O) groups is 2. The van der Waals surface area contributed by atoms with E-state index in [2.05, 4.69) is 4.98 Å². The Hall–Kier alpha value is -3.29. The van der Waals surface area contributed by atoms with Gasteiger partial charge in [-0.25, -0.2) is 0 Å². The molecule has 8 heteroatoms. The second-order valence-corrected chi connectivity index (χ2v) is 6.11. The Balaban J connectivity index is 1.56. The van der Waals surface area contributed by atoms with Gasteiger partial charge in [0.25, 0.3) is 11.8 Å². The van der Waals surface area contributed by atoms with Crippen LogP contribution >= 0.6 is 0 Å². The summed E-state index contributed by atoms with van der Waals surface area (Å²) in [7, 11) is 0. The average Bonchev–Trinajstić information content (AvgIpc) is 2.79. The molecule has 4 rings (SSSR count). The molecule has 126 valence electrons. The molecule has 1 saturated heterocycles. The third-order valence-electron chi connectivity index (χ3n) is 4.66. The van der Waals surface area contributed by atoms with Crippen molar-refractivity contribution in [2.45, 2.75) is 13.0 Å². The summed E-state index contributed by atoms with van der Waals surface area (Å²) >= 11 is 0. The van der Waals surface area contributed by atoms with Gasteiger partial charge in [-0.1, -0.05) is 12.1 Å². The Morgan fingerprint density at radius 3 is 2.28 bits per heavy atom. The predicted molar refractivity (Wildman–Crippen MR) is 88.6 cm³/mol. The van der Waals surface area contributed by atoms with Gasteiger partial charge in [-0.3, -0.25) is 29.6 Å². The molecule has 25 heavy (non-hydrogen) atoms. The summed E-state index contributed by atoms with van der Waals surface area (Å²) in [6.07, 6.45) is 1.52. The van der Waals surface area contributed by atoms with Crippen molar-refractivity contribution in [3.05, 3.63) is 63.5 Å². The maximum absolute atomic E-state index is 12.5. The number of anilines is 1. The number of carbonyl (C=O) groups excluding carboxylic acids is 2. The normalized spacial score (nSPS) is 16.8. The Labute approximate surface area is 142 Å². The number of rotatable bonds is 3. The maximum atomic E-state index is 12.5. The van der Waals surface area contributed by atoms with E-state index in [0.717, 1.165) is 0 Å². The van der Waals surface area contributed by atoms with Crippen molar-refractivity contribution in [3.8, 4) is 0 Å². The highest BCUT2D eigenvalue weighted by Gasteiger charge is 2.45. The first-order chi connectivity index (χ1) is 12.0. The fraction of sp³-hybridized carbons (Fsp3) is 0.235. The minimum Gasteiger partial charge on any atom is -0.362 e. The molecule has 1 aromatic carbocycles. The highest BCUT2D eigenvalue weighted by molar-refractivity contribution is 6.21. The van der Waals surface area contributed by atoms with Crippen molar-refractivity contribution in [1.82, 2.24) is 9.88 Å². The molecule has 2 aromatic rings. The molecule has 1 fully saturated rings. The molecule has 0 bridgehead atoms. The molecule has 0 unspecified atom stereocenters. The van der Waals surface area contributed by atoms with Crippen molar-refractivity contribution in [3.63, 3.8) is 0 Å². The molecule has 0 aliphatic carbocycles. The minimum atomic E-state index is -0.451. The largest absolute Gasteiger partial charge is 0.362 e. The maximum Gasteiger partial charge on any atom is 0.313 e. The number of imide groups is 1. The van der Waals surface area contributed by atoms with Gasteiger partial charge in [-0.05, 0) is 25.1 Å². The molecule has 2 aliphatic rings. The van der Waals surface area contributed by atoms with Crippen LogP contribution in [0.1, 0.15) is 26.4 Å². The van der Waals surface area contributed by atoms with Crippen molar-refractivity contribution < 1.29 is 14.5 Å².